The molecule has 0 unspecified atom stereocenters. The first-order valence-corrected chi connectivity index (χ1v) is 7.93. The van der Waals surface area contributed by atoms with Gasteiger partial charge in [-0.15, -0.1) is 0 Å². The van der Waals surface area contributed by atoms with E-state index in [1.807, 2.05) is 6.07 Å². The van der Waals surface area contributed by atoms with Crippen molar-refractivity contribution in [3.8, 4) is 5.75 Å². The summed E-state index contributed by atoms with van der Waals surface area (Å²) in [5.41, 5.74) is 1.36. The Kier molecular flexibility index (Phi) is 4.46. The van der Waals surface area contributed by atoms with Crippen LogP contribution in [0.15, 0.2) is 42.6 Å². The summed E-state index contributed by atoms with van der Waals surface area (Å²) in [6.45, 7) is 2.00. The number of anilines is 2. The molecule has 1 amide bonds. The summed E-state index contributed by atoms with van der Waals surface area (Å²) in [5, 5.41) is 9.36. The fourth-order valence-electron chi connectivity index (χ4n) is 2.83. The second-order valence-corrected chi connectivity index (χ2v) is 5.83. The predicted octanol–water partition coefficient (Wildman–Crippen LogP) is 3.05. The molecule has 0 aliphatic carbocycles. The van der Waals surface area contributed by atoms with E-state index in [-0.39, 0.29) is 11.7 Å². The second kappa shape index (κ2) is 6.69. The summed E-state index contributed by atoms with van der Waals surface area (Å²) in [5.74, 6) is 0.969. The van der Waals surface area contributed by atoms with E-state index in [2.05, 4.69) is 9.88 Å². The van der Waals surface area contributed by atoms with Gasteiger partial charge in [0.05, 0.1) is 0 Å². The molecule has 23 heavy (non-hydrogen) atoms. The number of rotatable bonds is 3. The quantitative estimate of drug-likeness (QED) is 0.946. The Balaban J connectivity index is 1.80. The normalized spacial score (nSPS) is 14.6. The smallest absolute Gasteiger partial charge is 0.258 e. The number of hydrogen-bond donors (Lipinski definition) is 1. The zero-order valence-corrected chi connectivity index (χ0v) is 13.3. The Morgan fingerprint density at radius 3 is 2.52 bits per heavy atom. The van der Waals surface area contributed by atoms with Crippen molar-refractivity contribution in [2.45, 2.75) is 19.3 Å². The highest BCUT2D eigenvalue weighted by atomic mass is 16.3. The molecule has 1 aromatic carbocycles. The SMILES string of the molecule is CN(C(=O)c1ccnc(N2CCCCC2)c1)c1ccc(O)cc1. The summed E-state index contributed by atoms with van der Waals surface area (Å²) >= 11 is 0. The molecule has 1 aliphatic heterocycles. The standard InChI is InChI=1S/C18H21N3O2/c1-20(15-5-7-16(22)8-6-15)18(23)14-9-10-19-17(13-14)21-11-3-2-4-12-21/h5-10,13,22H,2-4,11-12H2,1H3. The molecule has 1 aromatic heterocycles. The molecule has 5 heteroatoms. The van der Waals surface area contributed by atoms with Gasteiger partial charge in [-0.3, -0.25) is 4.79 Å². The minimum Gasteiger partial charge on any atom is -0.508 e. The number of carbonyl (C=O) groups excluding carboxylic acids is 1. The van der Waals surface area contributed by atoms with Crippen LogP contribution in [0.1, 0.15) is 29.6 Å². The second-order valence-electron chi connectivity index (χ2n) is 5.83. The molecule has 1 aliphatic rings. The predicted molar refractivity (Wildman–Crippen MR) is 91.1 cm³/mol. The van der Waals surface area contributed by atoms with Crippen molar-refractivity contribution < 1.29 is 9.90 Å². The van der Waals surface area contributed by atoms with Crippen LogP contribution in [0.5, 0.6) is 5.75 Å². The van der Waals surface area contributed by atoms with Gasteiger partial charge in [-0.2, -0.15) is 0 Å². The Hall–Kier alpha value is -2.56. The number of piperidine rings is 1. The van der Waals surface area contributed by atoms with Crippen LogP contribution in [0.4, 0.5) is 11.5 Å². The third kappa shape index (κ3) is 3.44. The molecule has 0 saturated carbocycles. The van der Waals surface area contributed by atoms with Crippen LogP contribution < -0.4 is 9.80 Å². The van der Waals surface area contributed by atoms with Gasteiger partial charge in [-0.1, -0.05) is 0 Å². The van der Waals surface area contributed by atoms with Gasteiger partial charge < -0.3 is 14.9 Å². The van der Waals surface area contributed by atoms with E-state index in [1.165, 1.54) is 19.3 Å². The van der Waals surface area contributed by atoms with Crippen molar-refractivity contribution in [3.63, 3.8) is 0 Å². The van der Waals surface area contributed by atoms with Crippen LogP contribution in [0, 0.1) is 0 Å². The van der Waals surface area contributed by atoms with Gasteiger partial charge in [0.15, 0.2) is 0 Å². The molecule has 2 heterocycles. The highest BCUT2D eigenvalue weighted by Crippen LogP contribution is 2.22. The first kappa shape index (κ1) is 15.3. The van der Waals surface area contributed by atoms with Gasteiger partial charge in [-0.05, 0) is 55.7 Å². The first-order valence-electron chi connectivity index (χ1n) is 7.93. The van der Waals surface area contributed by atoms with E-state index in [0.717, 1.165) is 24.6 Å². The molecule has 3 rings (SSSR count). The molecule has 5 nitrogen and oxygen atoms in total. The van der Waals surface area contributed by atoms with E-state index in [4.69, 9.17) is 0 Å². The summed E-state index contributed by atoms with van der Waals surface area (Å²) in [6.07, 6.45) is 5.31. The van der Waals surface area contributed by atoms with Crippen molar-refractivity contribution in [1.82, 2.24) is 4.98 Å². The summed E-state index contributed by atoms with van der Waals surface area (Å²) in [6, 6.07) is 10.2. The highest BCUT2D eigenvalue weighted by Gasteiger charge is 2.17. The van der Waals surface area contributed by atoms with Gasteiger partial charge in [0.1, 0.15) is 11.6 Å². The molecular weight excluding hydrogens is 290 g/mol. The molecule has 0 bridgehead atoms. The number of amides is 1. The van der Waals surface area contributed by atoms with Crippen molar-refractivity contribution in [3.05, 3.63) is 48.2 Å². The highest BCUT2D eigenvalue weighted by molar-refractivity contribution is 6.06. The molecule has 1 N–H and O–H groups in total. The number of carbonyl (C=O) groups is 1. The van der Waals surface area contributed by atoms with E-state index >= 15 is 0 Å². The first-order chi connectivity index (χ1) is 11.1. The Morgan fingerprint density at radius 1 is 1.13 bits per heavy atom. The van der Waals surface area contributed by atoms with Gasteiger partial charge in [0.2, 0.25) is 0 Å². The third-order valence-corrected chi connectivity index (χ3v) is 4.21. The number of phenols is 1. The lowest BCUT2D eigenvalue weighted by atomic mass is 10.1. The average Bonchev–Trinajstić information content (AvgIpc) is 2.62. The van der Waals surface area contributed by atoms with Crippen LogP contribution >= 0.6 is 0 Å². The lowest BCUT2D eigenvalue weighted by molar-refractivity contribution is 0.0993. The van der Waals surface area contributed by atoms with Gasteiger partial charge in [0, 0.05) is 37.6 Å². The maximum atomic E-state index is 12.7. The fourth-order valence-corrected chi connectivity index (χ4v) is 2.83. The minimum absolute atomic E-state index is 0.0867. The Labute approximate surface area is 136 Å². The van der Waals surface area contributed by atoms with Crippen molar-refractivity contribution in [1.29, 1.82) is 0 Å². The van der Waals surface area contributed by atoms with Gasteiger partial charge in [-0.25, -0.2) is 4.98 Å². The average molecular weight is 311 g/mol. The number of phenolic OH excluding ortho intramolecular Hbond substituents is 1. The van der Waals surface area contributed by atoms with Crippen LogP contribution in [0.3, 0.4) is 0 Å². The molecular formula is C18H21N3O2. The van der Waals surface area contributed by atoms with E-state index in [0.29, 0.717) is 5.56 Å². The summed E-state index contributed by atoms with van der Waals surface area (Å²) in [4.78, 5) is 20.9. The largest absolute Gasteiger partial charge is 0.508 e. The lowest BCUT2D eigenvalue weighted by Gasteiger charge is -2.28. The van der Waals surface area contributed by atoms with E-state index in [9.17, 15) is 9.90 Å². The topological polar surface area (TPSA) is 56.7 Å². The minimum atomic E-state index is -0.0867. The van der Waals surface area contributed by atoms with Crippen molar-refractivity contribution in [2.75, 3.05) is 29.9 Å². The molecule has 0 radical (unpaired) electrons. The molecule has 0 atom stereocenters. The monoisotopic (exact) mass is 311 g/mol. The van der Waals surface area contributed by atoms with Crippen LogP contribution in [0.25, 0.3) is 0 Å². The van der Waals surface area contributed by atoms with E-state index in [1.54, 1.807) is 48.5 Å². The number of pyridine rings is 1. The zero-order valence-electron chi connectivity index (χ0n) is 13.3. The number of nitrogens with zero attached hydrogens (tertiary/aromatic N) is 3. The molecule has 1 fully saturated rings. The van der Waals surface area contributed by atoms with Crippen LogP contribution in [-0.2, 0) is 0 Å². The summed E-state index contributed by atoms with van der Waals surface area (Å²) in [7, 11) is 1.73. The lowest BCUT2D eigenvalue weighted by Crippen LogP contribution is -2.31. The number of aromatic nitrogens is 1. The maximum absolute atomic E-state index is 12.7. The zero-order chi connectivity index (χ0) is 16.2. The van der Waals surface area contributed by atoms with Gasteiger partial charge in [0.25, 0.3) is 5.91 Å². The molecule has 0 spiro atoms. The van der Waals surface area contributed by atoms with E-state index < -0.39 is 0 Å². The summed E-state index contributed by atoms with van der Waals surface area (Å²) < 4.78 is 0. The fraction of sp³-hybridized carbons (Fsp3) is 0.333. The maximum Gasteiger partial charge on any atom is 0.258 e. The number of aromatic hydroxyl groups is 1. The Morgan fingerprint density at radius 2 is 1.83 bits per heavy atom. The molecule has 120 valence electrons. The number of benzene rings is 1. The van der Waals surface area contributed by atoms with Crippen LogP contribution in [-0.4, -0.2) is 36.1 Å². The molecule has 1 saturated heterocycles. The van der Waals surface area contributed by atoms with Crippen molar-refractivity contribution >= 4 is 17.4 Å². The molecule has 2 aromatic rings. The van der Waals surface area contributed by atoms with Crippen molar-refractivity contribution in [2.24, 2.45) is 0 Å². The number of hydrogen-bond acceptors (Lipinski definition) is 4. The third-order valence-electron chi connectivity index (χ3n) is 4.21. The van der Waals surface area contributed by atoms with Gasteiger partial charge >= 0.3 is 0 Å². The van der Waals surface area contributed by atoms with Crippen LogP contribution in [0.2, 0.25) is 0 Å². The Bertz CT molecular complexity index is 679.